The first-order valence-electron chi connectivity index (χ1n) is 6.78. The highest BCUT2D eigenvalue weighted by atomic mass is 16.1. The van der Waals surface area contributed by atoms with Crippen LogP contribution < -0.4 is 0 Å². The Morgan fingerprint density at radius 2 is 2.00 bits per heavy atom. The number of carbonyl (C=O) groups is 1. The average Bonchev–Trinajstić information content (AvgIpc) is 2.50. The van der Waals surface area contributed by atoms with E-state index in [2.05, 4.69) is 32.6 Å². The summed E-state index contributed by atoms with van der Waals surface area (Å²) in [5, 5.41) is 0. The molecular formula is C14H25NO. The average molecular weight is 223 g/mol. The molecule has 0 radical (unpaired) electrons. The Morgan fingerprint density at radius 1 is 1.31 bits per heavy atom. The molecule has 1 saturated heterocycles. The minimum absolute atomic E-state index is 0.0920. The Hall–Kier alpha value is -0.370. The molecule has 2 nitrogen and oxygen atoms in total. The maximum Gasteiger partial charge on any atom is 0.155 e. The fourth-order valence-corrected chi connectivity index (χ4v) is 3.84. The van der Waals surface area contributed by atoms with Crippen molar-refractivity contribution in [3.63, 3.8) is 0 Å². The molecular weight excluding hydrogens is 198 g/mol. The van der Waals surface area contributed by atoms with Crippen molar-refractivity contribution in [3.8, 4) is 0 Å². The Bertz CT molecular complexity index is 284. The second kappa shape index (κ2) is 4.14. The molecule has 1 aliphatic carbocycles. The number of fused-ring (bicyclic) bond motifs is 2. The molecule has 2 bridgehead atoms. The fourth-order valence-electron chi connectivity index (χ4n) is 3.84. The summed E-state index contributed by atoms with van der Waals surface area (Å²) in [5.41, 5.74) is -0.0920. The van der Waals surface area contributed by atoms with E-state index in [1.165, 1.54) is 12.8 Å². The molecule has 0 spiro atoms. The highest BCUT2D eigenvalue weighted by Gasteiger charge is 2.53. The van der Waals surface area contributed by atoms with Gasteiger partial charge in [0.2, 0.25) is 0 Å². The van der Waals surface area contributed by atoms with E-state index in [4.69, 9.17) is 0 Å². The molecule has 2 aliphatic rings. The minimum Gasteiger partial charge on any atom is -0.297 e. The van der Waals surface area contributed by atoms with Crippen LogP contribution in [0.15, 0.2) is 0 Å². The van der Waals surface area contributed by atoms with E-state index < -0.39 is 0 Å². The Kier molecular flexibility index (Phi) is 3.13. The van der Waals surface area contributed by atoms with Crippen molar-refractivity contribution < 1.29 is 4.79 Å². The summed E-state index contributed by atoms with van der Waals surface area (Å²) >= 11 is 0. The van der Waals surface area contributed by atoms with Crippen molar-refractivity contribution in [2.24, 2.45) is 11.8 Å². The molecule has 1 aliphatic heterocycles. The number of nitrogens with zero attached hydrogens (tertiary/aromatic N) is 1. The first-order chi connectivity index (χ1) is 7.47. The number of hydrogen-bond donors (Lipinski definition) is 0. The molecule has 0 unspecified atom stereocenters. The summed E-state index contributed by atoms with van der Waals surface area (Å²) in [7, 11) is 0. The molecule has 0 amide bonds. The second-order valence-electron chi connectivity index (χ2n) is 6.26. The zero-order valence-corrected chi connectivity index (χ0v) is 11.1. The van der Waals surface area contributed by atoms with Crippen molar-refractivity contribution in [3.05, 3.63) is 0 Å². The third-order valence-electron chi connectivity index (χ3n) is 4.44. The molecule has 2 heteroatoms. The predicted molar refractivity (Wildman–Crippen MR) is 66.4 cm³/mol. The zero-order chi connectivity index (χ0) is 11.9. The molecule has 0 N–H and O–H groups in total. The normalized spacial score (nSPS) is 35.0. The maximum atomic E-state index is 12.6. The lowest BCUT2D eigenvalue weighted by atomic mass is 9.74. The van der Waals surface area contributed by atoms with E-state index in [0.29, 0.717) is 11.8 Å². The number of likely N-dealkylation sites (tertiary alicyclic amines) is 1. The van der Waals surface area contributed by atoms with Crippen LogP contribution >= 0.6 is 0 Å². The molecule has 2 fully saturated rings. The molecule has 0 aromatic rings. The molecule has 1 heterocycles. The van der Waals surface area contributed by atoms with Gasteiger partial charge >= 0.3 is 0 Å². The van der Waals surface area contributed by atoms with Gasteiger partial charge in [-0.25, -0.2) is 0 Å². The third kappa shape index (κ3) is 1.71. The lowest BCUT2D eigenvalue weighted by molar-refractivity contribution is -0.134. The monoisotopic (exact) mass is 223 g/mol. The van der Waals surface area contributed by atoms with Gasteiger partial charge in [0, 0.05) is 18.5 Å². The molecule has 0 aromatic heterocycles. The van der Waals surface area contributed by atoms with Crippen molar-refractivity contribution >= 4 is 5.78 Å². The summed E-state index contributed by atoms with van der Waals surface area (Å²) in [6, 6.07) is 0.505. The van der Waals surface area contributed by atoms with Crippen molar-refractivity contribution in [1.82, 2.24) is 4.90 Å². The van der Waals surface area contributed by atoms with E-state index >= 15 is 0 Å². The summed E-state index contributed by atoms with van der Waals surface area (Å²) in [5.74, 6) is 1.44. The molecule has 92 valence electrons. The maximum absolute atomic E-state index is 12.6. The zero-order valence-electron chi connectivity index (χ0n) is 11.1. The van der Waals surface area contributed by atoms with Crippen LogP contribution in [0.5, 0.6) is 0 Å². The summed E-state index contributed by atoms with van der Waals surface area (Å²) in [4.78, 5) is 15.0. The second-order valence-corrected chi connectivity index (χ2v) is 6.26. The van der Waals surface area contributed by atoms with E-state index in [9.17, 15) is 4.79 Å². The van der Waals surface area contributed by atoms with E-state index in [0.717, 1.165) is 25.3 Å². The van der Waals surface area contributed by atoms with Crippen LogP contribution in [0.3, 0.4) is 0 Å². The predicted octanol–water partition coefficient (Wildman–Crippen LogP) is 2.86. The van der Waals surface area contributed by atoms with Gasteiger partial charge in [-0.15, -0.1) is 0 Å². The van der Waals surface area contributed by atoms with E-state index in [1.54, 1.807) is 0 Å². The number of ketones is 1. The van der Waals surface area contributed by atoms with Crippen LogP contribution in [0.25, 0.3) is 0 Å². The van der Waals surface area contributed by atoms with E-state index in [1.807, 2.05) is 0 Å². The molecule has 2 atom stereocenters. The van der Waals surface area contributed by atoms with Crippen LogP contribution in [0.1, 0.15) is 53.4 Å². The SMILES string of the molecule is CC(C)C(=O)[C@]12CCC[C@H](CN1C(C)C)C2. The standard InChI is InChI=1S/C14H25NO/c1-10(2)13(16)14-7-5-6-12(8-14)9-15(14)11(3)4/h10-12H,5-9H2,1-4H3/t12-,14+/m0/s1. The lowest BCUT2D eigenvalue weighted by Gasteiger charge is -2.41. The van der Waals surface area contributed by atoms with Gasteiger partial charge in [0.25, 0.3) is 0 Å². The van der Waals surface area contributed by atoms with Crippen LogP contribution in [0.4, 0.5) is 0 Å². The van der Waals surface area contributed by atoms with Gasteiger partial charge in [0.05, 0.1) is 5.54 Å². The topological polar surface area (TPSA) is 20.3 Å². The molecule has 0 aromatic carbocycles. The largest absolute Gasteiger partial charge is 0.297 e. The van der Waals surface area contributed by atoms with Gasteiger partial charge < -0.3 is 0 Å². The van der Waals surface area contributed by atoms with Crippen LogP contribution in [0.2, 0.25) is 0 Å². The Labute approximate surface area is 99.4 Å². The summed E-state index contributed by atoms with van der Waals surface area (Å²) in [6.45, 7) is 9.72. The smallest absolute Gasteiger partial charge is 0.155 e. The third-order valence-corrected chi connectivity index (χ3v) is 4.44. The highest BCUT2D eigenvalue weighted by Crippen LogP contribution is 2.46. The molecule has 2 rings (SSSR count). The number of Topliss-reactive ketones (excluding diaryl/α,β-unsaturated/α-hetero) is 1. The van der Waals surface area contributed by atoms with Crippen LogP contribution in [0, 0.1) is 11.8 Å². The van der Waals surface area contributed by atoms with Gasteiger partial charge in [-0.05, 0) is 39.0 Å². The number of hydrogen-bond acceptors (Lipinski definition) is 2. The number of rotatable bonds is 3. The Morgan fingerprint density at radius 3 is 2.56 bits per heavy atom. The minimum atomic E-state index is -0.0920. The van der Waals surface area contributed by atoms with Crippen LogP contribution in [-0.4, -0.2) is 28.8 Å². The molecule has 16 heavy (non-hydrogen) atoms. The lowest BCUT2D eigenvalue weighted by Crippen LogP contribution is -2.54. The summed E-state index contributed by atoms with van der Waals surface area (Å²) < 4.78 is 0. The molecule has 1 saturated carbocycles. The van der Waals surface area contributed by atoms with Crippen molar-refractivity contribution in [2.45, 2.75) is 65.0 Å². The van der Waals surface area contributed by atoms with Gasteiger partial charge in [-0.2, -0.15) is 0 Å². The fraction of sp³-hybridized carbons (Fsp3) is 0.929. The number of carbonyl (C=O) groups excluding carboxylic acids is 1. The first-order valence-corrected chi connectivity index (χ1v) is 6.78. The van der Waals surface area contributed by atoms with Gasteiger partial charge in [-0.1, -0.05) is 20.3 Å². The van der Waals surface area contributed by atoms with Gasteiger partial charge in [-0.3, -0.25) is 9.69 Å². The van der Waals surface area contributed by atoms with E-state index in [-0.39, 0.29) is 11.5 Å². The van der Waals surface area contributed by atoms with Crippen molar-refractivity contribution in [2.75, 3.05) is 6.54 Å². The van der Waals surface area contributed by atoms with Crippen LogP contribution in [-0.2, 0) is 4.79 Å². The Balaban J connectivity index is 2.30. The quantitative estimate of drug-likeness (QED) is 0.733. The van der Waals surface area contributed by atoms with Crippen molar-refractivity contribution in [1.29, 1.82) is 0 Å². The van der Waals surface area contributed by atoms with Gasteiger partial charge in [0.1, 0.15) is 0 Å². The first kappa shape index (κ1) is 12.1. The van der Waals surface area contributed by atoms with Gasteiger partial charge in [0.15, 0.2) is 5.78 Å². The summed E-state index contributed by atoms with van der Waals surface area (Å²) in [6.07, 6.45) is 4.80. The highest BCUT2D eigenvalue weighted by molar-refractivity contribution is 5.90.